The van der Waals surface area contributed by atoms with Crippen LogP contribution in [0.25, 0.3) is 0 Å². The van der Waals surface area contributed by atoms with Crippen LogP contribution in [0.3, 0.4) is 0 Å². The maximum absolute atomic E-state index is 6.76. The summed E-state index contributed by atoms with van der Waals surface area (Å²) in [6.45, 7) is 6.84. The van der Waals surface area contributed by atoms with Crippen LogP contribution in [-0.4, -0.2) is 29.6 Å². The quantitative estimate of drug-likeness (QED) is 0.0386. The van der Waals surface area contributed by atoms with Gasteiger partial charge in [0, 0.05) is 0 Å². The molecule has 0 radical (unpaired) electrons. The number of para-hydroxylation sites is 3. The normalized spacial score (nSPS) is 10.8. The molecule has 0 saturated heterocycles. The van der Waals surface area contributed by atoms with Crippen LogP contribution in [0.1, 0.15) is 172 Å². The van der Waals surface area contributed by atoms with Crippen molar-refractivity contribution in [1.82, 2.24) is 0 Å². The molecule has 0 aliphatic carbocycles. The molecule has 0 amide bonds. The molecule has 0 aliphatic rings. The molecule has 0 saturated carbocycles. The number of hydrogen-bond acceptors (Lipinski definition) is 3. The van der Waals surface area contributed by atoms with Gasteiger partial charge in [0.15, 0.2) is 0 Å². The number of benzene rings is 3. The number of aryl methyl sites for hydroxylation is 3. The second-order valence-corrected chi connectivity index (χ2v) is 14.9. The Morgan fingerprint density at radius 2 is 0.588 bits per heavy atom. The van der Waals surface area contributed by atoms with Gasteiger partial charge in [-0.05, 0) is 73.4 Å². The van der Waals surface area contributed by atoms with Crippen LogP contribution < -0.4 is 13.6 Å². The molecular weight excluding hydrogens is 673 g/mol. The van der Waals surface area contributed by atoms with E-state index < -0.39 is 8.60 Å². The second kappa shape index (κ2) is 32.4. The van der Waals surface area contributed by atoms with E-state index in [9.17, 15) is 0 Å². The van der Waals surface area contributed by atoms with Crippen molar-refractivity contribution in [2.24, 2.45) is 0 Å². The molecule has 0 heterocycles. The monoisotopic (exact) mass is 746 g/mol. The van der Waals surface area contributed by atoms with Gasteiger partial charge in [0.2, 0.25) is 0 Å². The van der Waals surface area contributed by atoms with Crippen molar-refractivity contribution in [3.8, 4) is 17.2 Å². The van der Waals surface area contributed by atoms with Crippen LogP contribution in [0.5, 0.6) is 17.2 Å². The van der Waals surface area contributed by atoms with Crippen molar-refractivity contribution in [2.75, 3.05) is 0 Å². The van der Waals surface area contributed by atoms with Crippen LogP contribution in [0, 0.1) is 0 Å². The Morgan fingerprint density at radius 3 is 0.863 bits per heavy atom. The predicted molar refractivity (Wildman–Crippen MR) is 231 cm³/mol. The van der Waals surface area contributed by atoms with Crippen molar-refractivity contribution in [1.29, 1.82) is 0 Å². The fourth-order valence-corrected chi connectivity index (χ4v) is 7.64. The third kappa shape index (κ3) is 21.4. The van der Waals surface area contributed by atoms with Crippen molar-refractivity contribution in [3.63, 3.8) is 0 Å². The molecule has 0 aromatic heterocycles. The first-order valence-electron chi connectivity index (χ1n) is 20.3. The molecule has 1 unspecified atom stereocenters. The van der Waals surface area contributed by atoms with Crippen LogP contribution in [0.15, 0.2) is 72.8 Å². The third-order valence-corrected chi connectivity index (χ3v) is 10.6. The summed E-state index contributed by atoms with van der Waals surface area (Å²) in [5, 5.41) is 0. The summed E-state index contributed by atoms with van der Waals surface area (Å²) in [4.78, 5) is 0. The van der Waals surface area contributed by atoms with E-state index in [-0.39, 0.29) is 39.5 Å². The molecule has 0 spiro atoms. The van der Waals surface area contributed by atoms with Crippen molar-refractivity contribution >= 4 is 48.1 Å². The van der Waals surface area contributed by atoms with E-state index in [0.717, 1.165) is 36.5 Å². The molecule has 0 fully saturated rings. The molecule has 3 rings (SSSR count). The van der Waals surface area contributed by atoms with E-state index >= 15 is 0 Å². The van der Waals surface area contributed by atoms with E-state index in [1.54, 1.807) is 0 Å². The van der Waals surface area contributed by atoms with Crippen LogP contribution >= 0.6 is 18.5 Å². The van der Waals surface area contributed by atoms with Gasteiger partial charge in [0.25, 0.3) is 0 Å². The molecule has 6 heteroatoms. The summed E-state index contributed by atoms with van der Waals surface area (Å²) in [6, 6.07) is 25.5. The molecule has 3 aromatic carbocycles. The summed E-state index contributed by atoms with van der Waals surface area (Å²) in [6.07, 6.45) is 30.3. The summed E-state index contributed by atoms with van der Waals surface area (Å²) >= 11 is 0. The van der Waals surface area contributed by atoms with Gasteiger partial charge in [-0.1, -0.05) is 191 Å². The van der Waals surface area contributed by atoms with E-state index in [0.29, 0.717) is 0 Å². The average molecular weight is 747 g/mol. The van der Waals surface area contributed by atoms with Gasteiger partial charge < -0.3 is 13.6 Å². The standard InChI is InChI=1S/C45H69O3P.Na.H3P.H/c1-4-7-10-13-16-19-22-31-40-34-25-28-37-43(40)46-49(47-44-38-29-26-35-41(44)32-23-20-17-14-11-8-5-2)48-45-39-30-27-36-42(45)33-24-21-18-15-12-9-6-3;;;/h25-30,34-39H,4-24,31-33H2,1-3H3;;1H3;. The molecule has 3 nitrogen and oxygen atoms in total. The van der Waals surface area contributed by atoms with Gasteiger partial charge in [-0.3, -0.25) is 0 Å². The Balaban J connectivity index is 0.00000650. The fraction of sp³-hybridized carbons (Fsp3) is 0.600. The van der Waals surface area contributed by atoms with E-state index in [2.05, 4.69) is 93.6 Å². The Kier molecular flexibility index (Phi) is 30.4. The van der Waals surface area contributed by atoms with Gasteiger partial charge >= 0.3 is 38.2 Å². The fourth-order valence-electron chi connectivity index (χ4n) is 6.51. The number of rotatable bonds is 30. The minimum absolute atomic E-state index is 0. The Morgan fingerprint density at radius 1 is 0.353 bits per heavy atom. The minimum atomic E-state index is -1.72. The molecule has 0 N–H and O–H groups in total. The van der Waals surface area contributed by atoms with Gasteiger partial charge in [-0.25, -0.2) is 0 Å². The molecule has 51 heavy (non-hydrogen) atoms. The SMILES string of the molecule is CCCCCCCCCc1ccccc1OP(Oc1ccccc1CCCCCCCCC)Oc1ccccc1CCCCCCCCC.P.[NaH]. The first kappa shape index (κ1) is 47.9. The zero-order chi connectivity index (χ0) is 34.6. The second-order valence-electron chi connectivity index (χ2n) is 13.9. The van der Waals surface area contributed by atoms with Crippen LogP contribution in [-0.2, 0) is 19.3 Å². The summed E-state index contributed by atoms with van der Waals surface area (Å²) < 4.78 is 20.3. The number of unbranched alkanes of at least 4 members (excludes halogenated alkanes) is 18. The van der Waals surface area contributed by atoms with E-state index in [4.69, 9.17) is 13.6 Å². The molecule has 282 valence electrons. The average Bonchev–Trinajstić information content (AvgIpc) is 3.12. The molecule has 1 atom stereocenters. The molecule has 0 bridgehead atoms. The topological polar surface area (TPSA) is 27.7 Å². The third-order valence-electron chi connectivity index (χ3n) is 9.59. The van der Waals surface area contributed by atoms with Gasteiger partial charge in [0.05, 0.1) is 0 Å². The van der Waals surface area contributed by atoms with Gasteiger partial charge in [-0.2, -0.15) is 9.90 Å². The van der Waals surface area contributed by atoms with E-state index in [1.807, 2.05) is 0 Å². The first-order valence-corrected chi connectivity index (χ1v) is 21.4. The zero-order valence-corrected chi connectivity index (χ0v) is 34.6. The molecule has 3 aromatic rings. The van der Waals surface area contributed by atoms with Crippen LogP contribution in [0.2, 0.25) is 0 Å². The summed E-state index contributed by atoms with van der Waals surface area (Å²) in [5.41, 5.74) is 3.72. The van der Waals surface area contributed by atoms with Crippen LogP contribution in [0.4, 0.5) is 0 Å². The van der Waals surface area contributed by atoms with E-state index in [1.165, 1.54) is 152 Å². The summed E-state index contributed by atoms with van der Waals surface area (Å²) in [7, 11) is -1.72. The molecular formula is C45H73NaO3P2. The summed E-state index contributed by atoms with van der Waals surface area (Å²) in [5.74, 6) is 2.65. The van der Waals surface area contributed by atoms with Crippen molar-refractivity contribution in [3.05, 3.63) is 89.5 Å². The number of hydrogen-bond donors (Lipinski definition) is 0. The predicted octanol–water partition coefficient (Wildman–Crippen LogP) is 14.7. The zero-order valence-electron chi connectivity index (χ0n) is 32.3. The van der Waals surface area contributed by atoms with Gasteiger partial charge in [0.1, 0.15) is 17.2 Å². The van der Waals surface area contributed by atoms with Crippen molar-refractivity contribution in [2.45, 2.75) is 175 Å². The Bertz CT molecular complexity index is 1090. The van der Waals surface area contributed by atoms with Gasteiger partial charge in [-0.15, -0.1) is 0 Å². The Hall–Kier alpha value is -1.08. The maximum atomic E-state index is 6.76. The first-order chi connectivity index (χ1) is 24.2. The molecule has 0 aliphatic heterocycles. The Labute approximate surface area is 341 Å². The van der Waals surface area contributed by atoms with Crippen molar-refractivity contribution < 1.29 is 13.6 Å².